The van der Waals surface area contributed by atoms with Crippen LogP contribution in [0.3, 0.4) is 0 Å². The fourth-order valence-electron chi connectivity index (χ4n) is 2.51. The molecule has 130 valence electrons. The van der Waals surface area contributed by atoms with E-state index in [1.165, 1.54) is 5.56 Å². The third kappa shape index (κ3) is 4.84. The average Bonchev–Trinajstić information content (AvgIpc) is 2.60. The van der Waals surface area contributed by atoms with E-state index in [1.807, 2.05) is 63.2 Å². The number of nitriles is 1. The zero-order chi connectivity index (χ0) is 18.4. The first kappa shape index (κ1) is 18.5. The van der Waals surface area contributed by atoms with Crippen LogP contribution in [0.5, 0.6) is 5.75 Å². The van der Waals surface area contributed by atoms with Gasteiger partial charge in [-0.15, -0.1) is 0 Å². The smallest absolute Gasteiger partial charge is 0.267 e. The second kappa shape index (κ2) is 8.34. The van der Waals surface area contributed by atoms with Crippen LogP contribution >= 0.6 is 0 Å². The number of benzene rings is 2. The summed E-state index contributed by atoms with van der Waals surface area (Å²) < 4.78 is 5.79. The third-order valence-corrected chi connectivity index (χ3v) is 4.20. The number of carbonyl (C=O) groups excluding carboxylic acids is 1. The molecular weight excluding hydrogens is 312 g/mol. The minimum absolute atomic E-state index is 0.154. The molecule has 0 saturated heterocycles. The maximum Gasteiger partial charge on any atom is 0.267 e. The summed E-state index contributed by atoms with van der Waals surface area (Å²) in [5.74, 6) is 0.505. The van der Waals surface area contributed by atoms with Crippen LogP contribution in [0.15, 0.2) is 42.5 Å². The summed E-state index contributed by atoms with van der Waals surface area (Å²) in [5.41, 5.74) is 4.21. The van der Waals surface area contributed by atoms with Gasteiger partial charge in [0.25, 0.3) is 5.91 Å². The number of rotatable bonds is 6. The lowest BCUT2D eigenvalue weighted by Crippen LogP contribution is -2.41. The minimum atomic E-state index is -0.636. The van der Waals surface area contributed by atoms with Gasteiger partial charge in [-0.3, -0.25) is 4.79 Å². The number of anilines is 1. The lowest BCUT2D eigenvalue weighted by molar-refractivity contribution is -0.124. The molecule has 0 fully saturated rings. The molecule has 4 heteroatoms. The summed E-state index contributed by atoms with van der Waals surface area (Å²) in [6.45, 7) is 8.13. The number of nitrogens with zero attached hydrogens (tertiary/aromatic N) is 2. The van der Waals surface area contributed by atoms with Crippen molar-refractivity contribution in [2.24, 2.45) is 0 Å². The highest BCUT2D eigenvalue weighted by molar-refractivity contribution is 5.96. The highest BCUT2D eigenvalue weighted by Gasteiger charge is 2.23. The molecule has 2 aromatic rings. The molecule has 1 unspecified atom stereocenters. The van der Waals surface area contributed by atoms with E-state index in [-0.39, 0.29) is 12.3 Å². The second-order valence-corrected chi connectivity index (χ2v) is 6.24. The topological polar surface area (TPSA) is 53.3 Å². The second-order valence-electron chi connectivity index (χ2n) is 6.24. The number of aryl methyl sites for hydroxylation is 3. The van der Waals surface area contributed by atoms with Crippen molar-refractivity contribution < 1.29 is 9.53 Å². The van der Waals surface area contributed by atoms with Gasteiger partial charge in [0, 0.05) is 12.2 Å². The van der Waals surface area contributed by atoms with Crippen LogP contribution in [-0.4, -0.2) is 18.6 Å². The van der Waals surface area contributed by atoms with Crippen LogP contribution in [-0.2, 0) is 4.79 Å². The zero-order valence-electron chi connectivity index (χ0n) is 15.2. The van der Waals surface area contributed by atoms with Crippen molar-refractivity contribution in [1.82, 2.24) is 0 Å². The number of carbonyl (C=O) groups is 1. The van der Waals surface area contributed by atoms with Crippen LogP contribution in [0.25, 0.3) is 0 Å². The van der Waals surface area contributed by atoms with Crippen molar-refractivity contribution in [1.29, 1.82) is 5.26 Å². The number of hydrogen-bond donors (Lipinski definition) is 0. The molecule has 0 spiro atoms. The van der Waals surface area contributed by atoms with E-state index in [0.29, 0.717) is 12.3 Å². The van der Waals surface area contributed by atoms with Crippen LogP contribution in [0.4, 0.5) is 5.69 Å². The van der Waals surface area contributed by atoms with Gasteiger partial charge < -0.3 is 9.64 Å². The van der Waals surface area contributed by atoms with Gasteiger partial charge >= 0.3 is 0 Å². The molecule has 0 aliphatic carbocycles. The highest BCUT2D eigenvalue weighted by Crippen LogP contribution is 2.21. The Morgan fingerprint density at radius 2 is 1.80 bits per heavy atom. The van der Waals surface area contributed by atoms with Gasteiger partial charge in [-0.1, -0.05) is 23.8 Å². The number of ether oxygens (including phenoxy) is 1. The Balaban J connectivity index is 2.20. The largest absolute Gasteiger partial charge is 0.481 e. The predicted molar refractivity (Wildman–Crippen MR) is 99.8 cm³/mol. The molecule has 0 aliphatic rings. The molecule has 2 aromatic carbocycles. The van der Waals surface area contributed by atoms with Crippen molar-refractivity contribution >= 4 is 11.6 Å². The van der Waals surface area contributed by atoms with Crippen molar-refractivity contribution in [3.63, 3.8) is 0 Å². The van der Waals surface area contributed by atoms with Gasteiger partial charge in [0.2, 0.25) is 0 Å². The van der Waals surface area contributed by atoms with Crippen molar-refractivity contribution in [3.8, 4) is 11.8 Å². The summed E-state index contributed by atoms with van der Waals surface area (Å²) in [7, 11) is 0. The maximum atomic E-state index is 12.9. The molecule has 2 rings (SSSR count). The Morgan fingerprint density at radius 1 is 1.12 bits per heavy atom. The number of amides is 1. The van der Waals surface area contributed by atoms with Crippen molar-refractivity contribution in [3.05, 3.63) is 59.2 Å². The van der Waals surface area contributed by atoms with Gasteiger partial charge in [-0.05, 0) is 63.1 Å². The van der Waals surface area contributed by atoms with E-state index < -0.39 is 6.10 Å². The monoisotopic (exact) mass is 336 g/mol. The molecule has 0 heterocycles. The fourth-order valence-corrected chi connectivity index (χ4v) is 2.51. The Kier molecular flexibility index (Phi) is 6.19. The molecule has 0 saturated carbocycles. The average molecular weight is 336 g/mol. The summed E-state index contributed by atoms with van der Waals surface area (Å²) in [4.78, 5) is 14.5. The van der Waals surface area contributed by atoms with E-state index in [0.717, 1.165) is 16.8 Å². The van der Waals surface area contributed by atoms with Crippen LogP contribution < -0.4 is 9.64 Å². The molecular formula is C21H24N2O2. The first-order valence-electron chi connectivity index (χ1n) is 8.41. The Morgan fingerprint density at radius 3 is 2.40 bits per heavy atom. The van der Waals surface area contributed by atoms with Gasteiger partial charge in [0.1, 0.15) is 5.75 Å². The minimum Gasteiger partial charge on any atom is -0.481 e. The van der Waals surface area contributed by atoms with Crippen molar-refractivity contribution in [2.45, 2.75) is 40.2 Å². The zero-order valence-corrected chi connectivity index (χ0v) is 15.2. The normalized spacial score (nSPS) is 11.5. The Hall–Kier alpha value is -2.80. The number of hydrogen-bond acceptors (Lipinski definition) is 3. The van der Waals surface area contributed by atoms with Crippen molar-refractivity contribution in [2.75, 3.05) is 11.4 Å². The van der Waals surface area contributed by atoms with Gasteiger partial charge in [0.05, 0.1) is 12.5 Å². The first-order valence-corrected chi connectivity index (χ1v) is 8.41. The van der Waals surface area contributed by atoms with E-state index >= 15 is 0 Å². The molecule has 0 N–H and O–H groups in total. The summed E-state index contributed by atoms with van der Waals surface area (Å²) in [5, 5.41) is 8.92. The van der Waals surface area contributed by atoms with Crippen LogP contribution in [0, 0.1) is 32.1 Å². The lowest BCUT2D eigenvalue weighted by atomic mass is 10.1. The SMILES string of the molecule is Cc1ccc(OC(C)C(=O)N(CCC#N)c2ccc(C)c(C)c2)cc1. The summed E-state index contributed by atoms with van der Waals surface area (Å²) in [6, 6.07) is 15.6. The molecule has 25 heavy (non-hydrogen) atoms. The molecule has 0 aliphatic heterocycles. The Bertz CT molecular complexity index is 775. The van der Waals surface area contributed by atoms with E-state index in [2.05, 4.69) is 6.07 Å². The Labute approximate surface area is 149 Å². The first-order chi connectivity index (χ1) is 11.9. The van der Waals surface area contributed by atoms with E-state index in [1.54, 1.807) is 11.8 Å². The maximum absolute atomic E-state index is 12.9. The van der Waals surface area contributed by atoms with Gasteiger partial charge in [0.15, 0.2) is 6.10 Å². The summed E-state index contributed by atoms with van der Waals surface area (Å²) in [6.07, 6.45) is -0.362. The fraction of sp³-hybridized carbons (Fsp3) is 0.333. The molecule has 1 amide bonds. The highest BCUT2D eigenvalue weighted by atomic mass is 16.5. The molecule has 0 radical (unpaired) electrons. The quantitative estimate of drug-likeness (QED) is 0.789. The van der Waals surface area contributed by atoms with E-state index in [4.69, 9.17) is 10.00 Å². The van der Waals surface area contributed by atoms with Gasteiger partial charge in [-0.2, -0.15) is 5.26 Å². The van der Waals surface area contributed by atoms with Gasteiger partial charge in [-0.25, -0.2) is 0 Å². The molecule has 0 bridgehead atoms. The van der Waals surface area contributed by atoms with Crippen LogP contribution in [0.1, 0.15) is 30.0 Å². The lowest BCUT2D eigenvalue weighted by Gasteiger charge is -2.26. The molecule has 4 nitrogen and oxygen atoms in total. The standard InChI is InChI=1S/C21H24N2O2/c1-15-6-10-20(11-7-15)25-18(4)21(24)23(13-5-12-22)19-9-8-16(2)17(3)14-19/h6-11,14,18H,5,13H2,1-4H3. The molecule has 0 aromatic heterocycles. The third-order valence-electron chi connectivity index (χ3n) is 4.20. The molecule has 1 atom stereocenters. The van der Waals surface area contributed by atoms with E-state index in [9.17, 15) is 4.79 Å². The van der Waals surface area contributed by atoms with Crippen LogP contribution in [0.2, 0.25) is 0 Å². The predicted octanol–water partition coefficient (Wildman–Crippen LogP) is 4.33. The summed E-state index contributed by atoms with van der Waals surface area (Å²) >= 11 is 0.